The second-order valence-electron chi connectivity index (χ2n) is 6.84. The number of thiocarbonyl (C=S) groups is 1. The Morgan fingerprint density at radius 3 is 2.70 bits per heavy atom. The monoisotopic (exact) mass is 523 g/mol. The predicted octanol–water partition coefficient (Wildman–Crippen LogP) is 4.44. The summed E-state index contributed by atoms with van der Waals surface area (Å²) >= 11 is 18.3. The lowest BCUT2D eigenvalue weighted by molar-refractivity contribution is -0.124. The zero-order valence-corrected chi connectivity index (χ0v) is 20.5. The molecule has 1 aliphatic rings. The first-order chi connectivity index (χ1) is 15.8. The Bertz CT molecular complexity index is 1140. The molecule has 2 aromatic carbocycles. The molecule has 1 aliphatic heterocycles. The Labute approximate surface area is 210 Å². The van der Waals surface area contributed by atoms with Crippen LogP contribution in [0.25, 0.3) is 6.08 Å². The molecule has 2 aromatic rings. The molecule has 0 bridgehead atoms. The summed E-state index contributed by atoms with van der Waals surface area (Å²) in [7, 11) is 1.58. The summed E-state index contributed by atoms with van der Waals surface area (Å²) in [6.45, 7) is 0.282. The van der Waals surface area contributed by atoms with E-state index in [1.807, 2.05) is 24.3 Å². The Hall–Kier alpha value is -2.59. The second kappa shape index (κ2) is 11.5. The van der Waals surface area contributed by atoms with Gasteiger partial charge in [-0.05, 0) is 48.4 Å². The summed E-state index contributed by atoms with van der Waals surface area (Å²) in [6.07, 6.45) is 2.20. The van der Waals surface area contributed by atoms with E-state index >= 15 is 0 Å². The van der Waals surface area contributed by atoms with Gasteiger partial charge in [-0.15, -0.1) is 0 Å². The van der Waals surface area contributed by atoms with Gasteiger partial charge in [-0.1, -0.05) is 59.3 Å². The third-order valence-corrected chi connectivity index (χ3v) is 6.47. The number of halogens is 2. The molecule has 33 heavy (non-hydrogen) atoms. The fraction of sp³-hybridized carbons (Fsp3) is 0.182. The van der Waals surface area contributed by atoms with E-state index in [1.54, 1.807) is 13.2 Å². The van der Waals surface area contributed by atoms with Crippen LogP contribution in [0.5, 0.6) is 5.75 Å². The number of nitrogens with zero attached hydrogens (tertiary/aromatic N) is 1. The molecule has 1 heterocycles. The van der Waals surface area contributed by atoms with E-state index in [-0.39, 0.29) is 29.5 Å². The van der Waals surface area contributed by atoms with E-state index in [0.717, 1.165) is 5.56 Å². The van der Waals surface area contributed by atoms with Crippen LogP contribution in [0, 0.1) is 0 Å². The summed E-state index contributed by atoms with van der Waals surface area (Å²) in [5.41, 5.74) is 5.64. The minimum atomic E-state index is -0.565. The van der Waals surface area contributed by atoms with Crippen LogP contribution in [-0.4, -0.2) is 40.6 Å². The van der Waals surface area contributed by atoms with Crippen LogP contribution in [-0.2, 0) is 9.59 Å². The van der Waals surface area contributed by atoms with E-state index in [4.69, 9.17) is 40.2 Å². The number of thioether (sulfide) groups is 1. The highest BCUT2D eigenvalue weighted by atomic mass is 35.5. The maximum absolute atomic E-state index is 12.7. The molecule has 0 aliphatic carbocycles. The summed E-state index contributed by atoms with van der Waals surface area (Å²) < 4.78 is 5.63. The number of benzene rings is 2. The maximum atomic E-state index is 12.7. The van der Waals surface area contributed by atoms with Crippen LogP contribution in [0.4, 0.5) is 0 Å². The van der Waals surface area contributed by atoms with Crippen molar-refractivity contribution in [1.82, 2.24) is 15.8 Å². The number of carbonyl (C=O) groups excluding carboxylic acids is 3. The lowest BCUT2D eigenvalue weighted by atomic mass is 10.2. The number of rotatable bonds is 7. The minimum Gasteiger partial charge on any atom is -0.497 e. The molecule has 172 valence electrons. The van der Waals surface area contributed by atoms with Crippen molar-refractivity contribution in [2.24, 2.45) is 0 Å². The van der Waals surface area contributed by atoms with Crippen LogP contribution >= 0.6 is 47.2 Å². The molecule has 0 atom stereocenters. The summed E-state index contributed by atoms with van der Waals surface area (Å²) in [5, 5.41) is 0.570. The molecule has 1 saturated heterocycles. The molecule has 0 unspecified atom stereocenters. The van der Waals surface area contributed by atoms with Gasteiger partial charge in [0.1, 0.15) is 10.1 Å². The molecule has 0 radical (unpaired) electrons. The Morgan fingerprint density at radius 2 is 1.97 bits per heavy atom. The van der Waals surface area contributed by atoms with Crippen molar-refractivity contribution >= 4 is 75.3 Å². The van der Waals surface area contributed by atoms with E-state index < -0.39 is 11.8 Å². The second-order valence-corrected chi connectivity index (χ2v) is 9.36. The minimum absolute atomic E-state index is 0.0840. The number of carbonyl (C=O) groups is 3. The van der Waals surface area contributed by atoms with Crippen molar-refractivity contribution in [3.8, 4) is 5.75 Å². The Balaban J connectivity index is 1.48. The third kappa shape index (κ3) is 6.70. The van der Waals surface area contributed by atoms with Gasteiger partial charge in [0.05, 0.1) is 22.6 Å². The van der Waals surface area contributed by atoms with E-state index in [2.05, 4.69) is 10.9 Å². The number of hydrogen-bond acceptors (Lipinski definition) is 6. The van der Waals surface area contributed by atoms with Crippen molar-refractivity contribution in [1.29, 1.82) is 0 Å². The summed E-state index contributed by atoms with van der Waals surface area (Å²) in [5.74, 6) is -0.495. The molecule has 2 N–H and O–H groups in total. The van der Waals surface area contributed by atoms with Crippen LogP contribution in [0.1, 0.15) is 28.8 Å². The number of hydrogen-bond donors (Lipinski definition) is 2. The lowest BCUT2D eigenvalue weighted by Gasteiger charge is -2.14. The predicted molar refractivity (Wildman–Crippen MR) is 134 cm³/mol. The number of methoxy groups -OCH3 is 1. The highest BCUT2D eigenvalue weighted by Gasteiger charge is 2.31. The van der Waals surface area contributed by atoms with Crippen LogP contribution < -0.4 is 15.6 Å². The van der Waals surface area contributed by atoms with Crippen molar-refractivity contribution < 1.29 is 19.1 Å². The quantitative estimate of drug-likeness (QED) is 0.316. The number of ether oxygens (including phenoxy) is 1. The first-order valence-electron chi connectivity index (χ1n) is 9.72. The standard InChI is InChI=1S/C22H19Cl2N3O4S2/c1-31-15-5-2-4-13(10-15)11-18-21(30)27(22(32)33-18)9-3-6-19(28)25-26-20(29)16-8-7-14(23)12-17(16)24/h2,4-5,7-8,10-12H,3,6,9H2,1H3,(H,25,28)(H,26,29). The van der Waals surface area contributed by atoms with Gasteiger partial charge in [0.25, 0.3) is 11.8 Å². The van der Waals surface area contributed by atoms with Crippen molar-refractivity contribution in [3.63, 3.8) is 0 Å². The Morgan fingerprint density at radius 1 is 1.18 bits per heavy atom. The first-order valence-corrected chi connectivity index (χ1v) is 11.7. The Kier molecular flexibility index (Phi) is 8.74. The van der Waals surface area contributed by atoms with Crippen molar-refractivity contribution in [2.45, 2.75) is 12.8 Å². The average molecular weight is 524 g/mol. The van der Waals surface area contributed by atoms with E-state index in [9.17, 15) is 14.4 Å². The van der Waals surface area contributed by atoms with Crippen LogP contribution in [0.3, 0.4) is 0 Å². The van der Waals surface area contributed by atoms with Crippen molar-refractivity contribution in [3.05, 3.63) is 68.5 Å². The normalized spacial score (nSPS) is 14.5. The van der Waals surface area contributed by atoms with Gasteiger partial charge in [-0.3, -0.25) is 30.1 Å². The van der Waals surface area contributed by atoms with Crippen LogP contribution in [0.2, 0.25) is 10.0 Å². The molecule has 11 heteroatoms. The van der Waals surface area contributed by atoms with Gasteiger partial charge >= 0.3 is 0 Å². The number of nitrogens with one attached hydrogen (secondary N) is 2. The van der Waals surface area contributed by atoms with Gasteiger partial charge in [0.15, 0.2) is 0 Å². The molecular weight excluding hydrogens is 505 g/mol. The van der Waals surface area contributed by atoms with E-state index in [0.29, 0.717) is 26.4 Å². The highest BCUT2D eigenvalue weighted by molar-refractivity contribution is 8.26. The maximum Gasteiger partial charge on any atom is 0.271 e. The SMILES string of the molecule is COc1cccc(C=C2SC(=S)N(CCCC(=O)NNC(=O)c3ccc(Cl)cc3Cl)C2=O)c1. The molecule has 0 spiro atoms. The smallest absolute Gasteiger partial charge is 0.271 e. The summed E-state index contributed by atoms with van der Waals surface area (Å²) in [6, 6.07) is 11.8. The topological polar surface area (TPSA) is 87.7 Å². The van der Waals surface area contributed by atoms with Gasteiger partial charge in [-0.2, -0.15) is 0 Å². The molecule has 0 saturated carbocycles. The van der Waals surface area contributed by atoms with Gasteiger partial charge in [-0.25, -0.2) is 0 Å². The van der Waals surface area contributed by atoms with Crippen LogP contribution in [0.15, 0.2) is 47.4 Å². The zero-order valence-electron chi connectivity index (χ0n) is 17.4. The highest BCUT2D eigenvalue weighted by Crippen LogP contribution is 2.33. The fourth-order valence-corrected chi connectivity index (χ4v) is 4.71. The van der Waals surface area contributed by atoms with Gasteiger partial charge in [0.2, 0.25) is 5.91 Å². The third-order valence-electron chi connectivity index (χ3n) is 4.54. The van der Waals surface area contributed by atoms with Gasteiger partial charge in [0, 0.05) is 18.0 Å². The molecule has 1 fully saturated rings. The zero-order chi connectivity index (χ0) is 24.0. The van der Waals surface area contributed by atoms with Gasteiger partial charge < -0.3 is 4.74 Å². The molecule has 0 aromatic heterocycles. The summed E-state index contributed by atoms with van der Waals surface area (Å²) in [4.78, 5) is 38.9. The molecular formula is C22H19Cl2N3O4S2. The molecule has 3 rings (SSSR count). The molecule has 7 nitrogen and oxygen atoms in total. The molecule has 3 amide bonds. The number of hydrazine groups is 1. The fourth-order valence-electron chi connectivity index (χ4n) is 2.90. The first kappa shape index (κ1) is 25.0. The lowest BCUT2D eigenvalue weighted by Crippen LogP contribution is -2.42. The number of amides is 3. The van der Waals surface area contributed by atoms with Crippen molar-refractivity contribution in [2.75, 3.05) is 13.7 Å². The largest absolute Gasteiger partial charge is 0.497 e. The average Bonchev–Trinajstić information content (AvgIpc) is 3.05. The van der Waals surface area contributed by atoms with E-state index in [1.165, 1.54) is 34.9 Å².